The molecule has 0 spiro atoms. The monoisotopic (exact) mass is 125 g/mol. The summed E-state index contributed by atoms with van der Waals surface area (Å²) in [4.78, 5) is 20.5. The minimum absolute atomic E-state index is 0.106. The van der Waals surface area contributed by atoms with Crippen LogP contribution in [-0.4, -0.2) is 17.9 Å². The molecule has 1 rings (SSSR count). The van der Waals surface area contributed by atoms with Crippen LogP contribution >= 0.6 is 0 Å². The molecule has 0 radical (unpaired) electrons. The lowest BCUT2D eigenvalue weighted by molar-refractivity contribution is -0.116. The van der Waals surface area contributed by atoms with Crippen molar-refractivity contribution in [2.24, 2.45) is 0 Å². The highest BCUT2D eigenvalue weighted by atomic mass is 16.2. The molecule has 1 saturated heterocycles. The van der Waals surface area contributed by atoms with E-state index < -0.39 is 0 Å². The second-order valence-corrected chi connectivity index (χ2v) is 2.16. The first-order chi connectivity index (χ1) is 4.24. The van der Waals surface area contributed by atoms with E-state index in [4.69, 9.17) is 0 Å². The second kappa shape index (κ2) is 2.03. The summed E-state index contributed by atoms with van der Waals surface area (Å²) >= 11 is 0. The zero-order valence-corrected chi connectivity index (χ0v) is 5.10. The molecule has 0 aliphatic carbocycles. The van der Waals surface area contributed by atoms with Gasteiger partial charge in [0.1, 0.15) is 11.5 Å². The first-order valence-electron chi connectivity index (χ1n) is 2.79. The van der Waals surface area contributed by atoms with E-state index in [9.17, 15) is 9.59 Å². The van der Waals surface area contributed by atoms with Gasteiger partial charge in [-0.3, -0.25) is 4.79 Å². The van der Waals surface area contributed by atoms with Gasteiger partial charge in [0.2, 0.25) is 0 Å². The fraction of sp³-hybridized carbons (Fsp3) is 0.500. The fourth-order valence-corrected chi connectivity index (χ4v) is 0.849. The minimum Gasteiger partial charge on any atom is -0.349 e. The quantitative estimate of drug-likeness (QED) is 0.355. The molecule has 0 aromatic heterocycles. The Morgan fingerprint density at radius 2 is 2.44 bits per heavy atom. The van der Waals surface area contributed by atoms with E-state index >= 15 is 0 Å². The lowest BCUT2D eigenvalue weighted by atomic mass is 10.2. The number of carbonyl (C=O) groups excluding carboxylic acids is 2. The Kier molecular flexibility index (Phi) is 1.37. The molecule has 9 heavy (non-hydrogen) atoms. The van der Waals surface area contributed by atoms with Crippen molar-refractivity contribution in [3.8, 4) is 0 Å². The number of nitrogens with one attached hydrogen (secondary N) is 1. The van der Waals surface area contributed by atoms with Crippen molar-refractivity contribution in [3.05, 3.63) is 5.57 Å². The molecule has 0 aromatic carbocycles. The zero-order chi connectivity index (χ0) is 6.85. The van der Waals surface area contributed by atoms with Gasteiger partial charge >= 0.3 is 0 Å². The van der Waals surface area contributed by atoms with E-state index in [0.717, 1.165) is 0 Å². The van der Waals surface area contributed by atoms with E-state index in [1.165, 1.54) is 0 Å². The van der Waals surface area contributed by atoms with Crippen LogP contribution in [0.25, 0.3) is 0 Å². The first kappa shape index (κ1) is 6.05. The maximum absolute atomic E-state index is 10.6. The van der Waals surface area contributed by atoms with E-state index in [2.05, 4.69) is 5.32 Å². The van der Waals surface area contributed by atoms with Gasteiger partial charge in [0.15, 0.2) is 0 Å². The number of hydrogen-bond donors (Lipinski definition) is 1. The Balaban J connectivity index is 2.81. The molecule has 0 saturated carbocycles. The fourth-order valence-electron chi connectivity index (χ4n) is 0.849. The topological polar surface area (TPSA) is 46.2 Å². The standard InChI is InChI=1S/C6H7NO2/c1-4-2-5(3-8)6(9)7-4/h4H,2H2,1H3,(H,7,9). The maximum Gasteiger partial charge on any atom is 0.258 e. The van der Waals surface area contributed by atoms with Crippen LogP contribution in [0, 0.1) is 0 Å². The van der Waals surface area contributed by atoms with Gasteiger partial charge in [-0.2, -0.15) is 0 Å². The highest BCUT2D eigenvalue weighted by Gasteiger charge is 2.23. The Labute approximate surface area is 52.7 Å². The van der Waals surface area contributed by atoms with Crippen molar-refractivity contribution in [1.82, 2.24) is 5.32 Å². The van der Waals surface area contributed by atoms with Gasteiger partial charge < -0.3 is 5.32 Å². The van der Waals surface area contributed by atoms with Crippen LogP contribution in [-0.2, 0) is 9.59 Å². The highest BCUT2D eigenvalue weighted by molar-refractivity contribution is 6.02. The molecule has 1 heterocycles. The van der Waals surface area contributed by atoms with Crippen LogP contribution in [0.1, 0.15) is 13.3 Å². The van der Waals surface area contributed by atoms with Gasteiger partial charge in [0.05, 0.1) is 0 Å². The molecule has 0 bridgehead atoms. The van der Waals surface area contributed by atoms with Crippen molar-refractivity contribution in [1.29, 1.82) is 0 Å². The molecule has 48 valence electrons. The smallest absolute Gasteiger partial charge is 0.258 e. The van der Waals surface area contributed by atoms with Crippen molar-refractivity contribution >= 4 is 11.8 Å². The molecule has 1 N–H and O–H groups in total. The molecule has 1 fully saturated rings. The average molecular weight is 125 g/mol. The predicted molar refractivity (Wildman–Crippen MR) is 31.4 cm³/mol. The summed E-state index contributed by atoms with van der Waals surface area (Å²) in [6, 6.07) is 0.106. The summed E-state index contributed by atoms with van der Waals surface area (Å²) in [5.41, 5.74) is 0.238. The molecule has 1 amide bonds. The SMILES string of the molecule is CC1CC(=C=O)C(=O)N1. The van der Waals surface area contributed by atoms with Crippen molar-refractivity contribution in [2.45, 2.75) is 19.4 Å². The van der Waals surface area contributed by atoms with Crippen LogP contribution in [0.15, 0.2) is 5.57 Å². The van der Waals surface area contributed by atoms with E-state index in [-0.39, 0.29) is 17.5 Å². The van der Waals surface area contributed by atoms with Gasteiger partial charge in [-0.15, -0.1) is 0 Å². The number of amides is 1. The Morgan fingerprint density at radius 3 is 2.67 bits per heavy atom. The van der Waals surface area contributed by atoms with Crippen LogP contribution in [0.3, 0.4) is 0 Å². The molecular weight excluding hydrogens is 118 g/mol. The number of rotatable bonds is 0. The second-order valence-electron chi connectivity index (χ2n) is 2.16. The van der Waals surface area contributed by atoms with Gasteiger partial charge in [-0.05, 0) is 6.92 Å². The molecule has 3 nitrogen and oxygen atoms in total. The molecule has 1 aliphatic rings. The molecule has 1 aliphatic heterocycles. The summed E-state index contributed by atoms with van der Waals surface area (Å²) < 4.78 is 0. The molecule has 3 heteroatoms. The van der Waals surface area contributed by atoms with E-state index in [1.54, 1.807) is 5.94 Å². The first-order valence-corrected chi connectivity index (χ1v) is 2.79. The third kappa shape index (κ3) is 1.00. The lowest BCUT2D eigenvalue weighted by Gasteiger charge is -1.94. The summed E-state index contributed by atoms with van der Waals surface area (Å²) in [7, 11) is 0. The molecule has 0 aromatic rings. The lowest BCUT2D eigenvalue weighted by Crippen LogP contribution is -2.21. The van der Waals surface area contributed by atoms with Crippen molar-refractivity contribution in [3.63, 3.8) is 0 Å². The summed E-state index contributed by atoms with van der Waals surface area (Å²) in [6.45, 7) is 1.85. The summed E-state index contributed by atoms with van der Waals surface area (Å²) in [5.74, 6) is 1.33. The van der Waals surface area contributed by atoms with Gasteiger partial charge in [0.25, 0.3) is 5.91 Å². The molecule has 1 atom stereocenters. The molecular formula is C6H7NO2. The summed E-state index contributed by atoms with van der Waals surface area (Å²) in [6.07, 6.45) is 0.516. The van der Waals surface area contributed by atoms with Crippen molar-refractivity contribution in [2.75, 3.05) is 0 Å². The third-order valence-corrected chi connectivity index (χ3v) is 1.29. The largest absolute Gasteiger partial charge is 0.349 e. The molecule has 1 unspecified atom stereocenters. The van der Waals surface area contributed by atoms with Crippen LogP contribution in [0.5, 0.6) is 0 Å². The zero-order valence-electron chi connectivity index (χ0n) is 5.10. The van der Waals surface area contributed by atoms with Crippen LogP contribution in [0.2, 0.25) is 0 Å². The van der Waals surface area contributed by atoms with Gasteiger partial charge in [0, 0.05) is 12.5 Å². The van der Waals surface area contributed by atoms with Gasteiger partial charge in [-0.25, -0.2) is 4.79 Å². The van der Waals surface area contributed by atoms with Crippen LogP contribution in [0.4, 0.5) is 0 Å². The number of hydrogen-bond acceptors (Lipinski definition) is 2. The minimum atomic E-state index is -0.266. The predicted octanol–water partition coefficient (Wildman–Crippen LogP) is -0.347. The van der Waals surface area contributed by atoms with E-state index in [1.807, 2.05) is 6.92 Å². The normalized spacial score (nSPS) is 25.7. The Bertz CT molecular complexity index is 191. The van der Waals surface area contributed by atoms with E-state index in [0.29, 0.717) is 6.42 Å². The summed E-state index contributed by atoms with van der Waals surface area (Å²) in [5, 5.41) is 2.58. The number of carbonyl (C=O) groups is 1. The third-order valence-electron chi connectivity index (χ3n) is 1.29. The average Bonchev–Trinajstić information content (AvgIpc) is 2.10. The Hall–Kier alpha value is -1.08. The highest BCUT2D eigenvalue weighted by Crippen LogP contribution is 2.09. The van der Waals surface area contributed by atoms with Crippen molar-refractivity contribution < 1.29 is 9.59 Å². The van der Waals surface area contributed by atoms with Crippen LogP contribution < -0.4 is 5.32 Å². The van der Waals surface area contributed by atoms with Gasteiger partial charge in [-0.1, -0.05) is 0 Å². The maximum atomic E-state index is 10.6. The Morgan fingerprint density at radius 1 is 1.78 bits per heavy atom.